The zero-order valence-corrected chi connectivity index (χ0v) is 71.5. The fourth-order valence-corrected chi connectivity index (χ4v) is 12.6. The zero-order chi connectivity index (χ0) is 87.8. The Balaban J connectivity index is 0.000000181. The third-order valence-corrected chi connectivity index (χ3v) is 20.8. The van der Waals surface area contributed by atoms with Gasteiger partial charge in [-0.15, -0.1) is 0 Å². The third kappa shape index (κ3) is 29.8. The highest BCUT2D eigenvalue weighted by Crippen LogP contribution is 2.27. The molecule has 0 spiro atoms. The second-order valence-corrected chi connectivity index (χ2v) is 32.9. The van der Waals surface area contributed by atoms with E-state index in [1.165, 1.54) is 102 Å². The van der Waals surface area contributed by atoms with Crippen LogP contribution in [0.4, 0.5) is 34.1 Å². The van der Waals surface area contributed by atoms with Crippen molar-refractivity contribution in [3.05, 3.63) is 371 Å². The molecule has 13 aromatic rings. The van der Waals surface area contributed by atoms with Crippen molar-refractivity contribution < 1.29 is 58.8 Å². The number of carbonyl (C=O) groups excluding carboxylic acids is 6. The van der Waals surface area contributed by atoms with E-state index in [1.54, 1.807) is 30.6 Å². The quantitative estimate of drug-likeness (QED) is 0.0231. The number of amides is 6. The summed E-state index contributed by atoms with van der Waals surface area (Å²) in [7, 11) is -6.90. The number of aromatic amines is 1. The average Bonchev–Trinajstić information content (AvgIpc) is 0.898. The van der Waals surface area contributed by atoms with Gasteiger partial charge in [-0.05, 0) is 226 Å². The van der Waals surface area contributed by atoms with E-state index in [9.17, 15) is 45.6 Å². The SMILES string of the molecule is CC(C)c1cccc(NC(=O)c2cc[nH]c2)c1.CC(C)c1cccc(NC(=O)c2ccc(-c3ccccc3)cc2)c1.CC(C)c1cccc(NC(=O)c2ccc(S(=O)(=O)O)cc2)c1.CC(C)c1cccc(NC(=O)c2ccoc2)c1.CC(C)c1cccc(NC(=O)c2cncnc2)c1.COS(=O)(=O)c1ccc(C(=O)Nc2cccc(C(C)C)c2)cc1. The van der Waals surface area contributed by atoms with Crippen LogP contribution in [0.1, 0.15) is 214 Å². The minimum atomic E-state index is -4.25. The lowest BCUT2D eigenvalue weighted by molar-refractivity contribution is 0.101. The lowest BCUT2D eigenvalue weighted by Gasteiger charge is -2.10. The van der Waals surface area contributed by atoms with Gasteiger partial charge in [0.05, 0.1) is 39.9 Å². The average molecular weight is 1670 g/mol. The van der Waals surface area contributed by atoms with Crippen LogP contribution in [0, 0.1) is 0 Å². The van der Waals surface area contributed by atoms with Gasteiger partial charge in [0.2, 0.25) is 0 Å². The van der Waals surface area contributed by atoms with Crippen molar-refractivity contribution in [1.82, 2.24) is 15.0 Å². The highest BCUT2D eigenvalue weighted by atomic mass is 32.2. The minimum Gasteiger partial charge on any atom is -0.472 e. The largest absolute Gasteiger partial charge is 0.472 e. The van der Waals surface area contributed by atoms with E-state index in [1.807, 2.05) is 164 Å². The molecule has 0 fully saturated rings. The standard InChI is InChI=1S/C22H21NO.C17H19NO4S.C16H17NO4S.C14H15N3O.C14H16N2O.C14H15NO2/c1-16(2)20-9-6-10-21(15-20)23-22(24)19-13-11-18(12-14-19)17-7-4-3-5-8-17;1-12(2)14-5-4-6-15(11-14)18-17(19)13-7-9-16(10-8-13)23(20,21)22-3;1-11(2)13-4-3-5-14(10-13)17-16(18)12-6-8-15(9-7-12)22(19,20)21;1-10(2)11-4-3-5-13(6-11)17-14(18)12-7-15-9-16-8-12;1-10(2)11-4-3-5-13(8-11)16-14(17)12-6-7-15-9-12;1-10(2)11-4-3-5-13(8-11)15-14(16)12-6-7-17-9-12/h3-16H,1-2H3,(H,23,24);4-12H,1-3H3,(H,18,19);3-11H,1-2H3,(H,17,18)(H,19,20,21);3-10H,1-2H3,(H,17,18);3-10,15H,1-2H3,(H,16,17);3-10H,1-2H3,(H,15,16). The van der Waals surface area contributed by atoms with Gasteiger partial charge in [-0.3, -0.25) is 37.5 Å². The van der Waals surface area contributed by atoms with Crippen molar-refractivity contribution in [2.45, 2.75) is 128 Å². The monoisotopic (exact) mass is 1670 g/mol. The number of furan rings is 1. The lowest BCUT2D eigenvalue weighted by atomic mass is 10.0. The molecule has 0 saturated carbocycles. The van der Waals surface area contributed by atoms with E-state index in [4.69, 9.17) is 8.97 Å². The topological polar surface area (TPSA) is 327 Å². The maximum atomic E-state index is 12.4. The lowest BCUT2D eigenvalue weighted by Crippen LogP contribution is -2.12. The Bertz CT molecular complexity index is 5670. The fourth-order valence-electron chi connectivity index (χ4n) is 11.4. The molecule has 626 valence electrons. The second-order valence-electron chi connectivity index (χ2n) is 29.7. The number of rotatable bonds is 22. The molecule has 0 radical (unpaired) electrons. The summed E-state index contributed by atoms with van der Waals surface area (Å²) in [4.78, 5) is 82.6. The molecule has 0 bridgehead atoms. The van der Waals surface area contributed by atoms with Crippen molar-refractivity contribution in [1.29, 1.82) is 0 Å². The van der Waals surface area contributed by atoms with Crippen LogP contribution in [0.15, 0.2) is 319 Å². The number of aromatic nitrogens is 3. The maximum Gasteiger partial charge on any atom is 0.296 e. The summed E-state index contributed by atoms with van der Waals surface area (Å²) in [5, 5.41) is 17.1. The van der Waals surface area contributed by atoms with Crippen LogP contribution in [0.3, 0.4) is 0 Å². The smallest absolute Gasteiger partial charge is 0.296 e. The van der Waals surface area contributed by atoms with Gasteiger partial charge in [0, 0.05) is 75.6 Å². The van der Waals surface area contributed by atoms with Crippen LogP contribution >= 0.6 is 0 Å². The normalized spacial score (nSPS) is 10.9. The molecule has 6 amide bonds. The highest BCUT2D eigenvalue weighted by molar-refractivity contribution is 7.86. The van der Waals surface area contributed by atoms with Gasteiger partial charge in [0.15, 0.2) is 0 Å². The van der Waals surface area contributed by atoms with Crippen molar-refractivity contribution >= 4 is 89.8 Å². The molecule has 0 aliphatic rings. The molecule has 8 N–H and O–H groups in total. The van der Waals surface area contributed by atoms with Crippen molar-refractivity contribution in [3.8, 4) is 11.1 Å². The van der Waals surface area contributed by atoms with Crippen molar-refractivity contribution in [3.63, 3.8) is 0 Å². The first-order valence-corrected chi connectivity index (χ1v) is 42.1. The van der Waals surface area contributed by atoms with E-state index in [0.29, 0.717) is 80.3 Å². The second kappa shape index (κ2) is 45.4. The number of H-pyrrole nitrogens is 1. The van der Waals surface area contributed by atoms with Crippen LogP contribution < -0.4 is 31.9 Å². The van der Waals surface area contributed by atoms with Crippen LogP contribution in [-0.4, -0.2) is 78.9 Å². The molecule has 0 atom stereocenters. The van der Waals surface area contributed by atoms with Crippen molar-refractivity contribution in [2.24, 2.45) is 0 Å². The molecule has 0 aliphatic carbocycles. The Labute approximate surface area is 709 Å². The summed E-state index contributed by atoms with van der Waals surface area (Å²) in [5.74, 6) is 1.32. The van der Waals surface area contributed by atoms with Gasteiger partial charge in [0.1, 0.15) is 12.6 Å². The first kappa shape index (κ1) is 93.0. The highest BCUT2D eigenvalue weighted by Gasteiger charge is 2.18. The summed E-state index contributed by atoms with van der Waals surface area (Å²) >= 11 is 0. The summed E-state index contributed by atoms with van der Waals surface area (Å²) in [6, 6.07) is 78.7. The van der Waals surface area contributed by atoms with Gasteiger partial charge in [0.25, 0.3) is 55.7 Å². The number of nitrogens with zero attached hydrogens (tertiary/aromatic N) is 2. The summed E-state index contributed by atoms with van der Waals surface area (Å²) in [6.07, 6.45) is 10.7. The van der Waals surface area contributed by atoms with E-state index >= 15 is 0 Å². The number of benzene rings is 10. The van der Waals surface area contributed by atoms with Gasteiger partial charge in [-0.25, -0.2) is 9.97 Å². The Kier molecular flexibility index (Phi) is 34.9. The molecular weight excluding hydrogens is 1560 g/mol. The Hall–Kier alpha value is -13.5. The maximum absolute atomic E-state index is 12.4. The first-order valence-electron chi connectivity index (χ1n) is 39.3. The molecular formula is C97H103N9O13S2. The Morgan fingerprint density at radius 2 is 0.636 bits per heavy atom. The van der Waals surface area contributed by atoms with E-state index in [-0.39, 0.29) is 45.2 Å². The van der Waals surface area contributed by atoms with Crippen molar-refractivity contribution in [2.75, 3.05) is 39.0 Å². The number of carbonyl (C=O) groups is 6. The Morgan fingerprint density at radius 3 is 0.926 bits per heavy atom. The summed E-state index contributed by atoms with van der Waals surface area (Å²) in [6.45, 7) is 25.3. The summed E-state index contributed by atoms with van der Waals surface area (Å²) in [5.41, 5.74) is 16.9. The minimum absolute atomic E-state index is 0.0124. The fraction of sp³-hybridized carbons (Fsp3) is 0.196. The summed E-state index contributed by atoms with van der Waals surface area (Å²) < 4.78 is 63.2. The molecule has 0 saturated heterocycles. The van der Waals surface area contributed by atoms with Crippen LogP contribution in [-0.2, 0) is 24.4 Å². The number of hydrogen-bond acceptors (Lipinski definition) is 14. The molecule has 0 aliphatic heterocycles. The predicted octanol–water partition coefficient (Wildman–Crippen LogP) is 22.3. The van der Waals surface area contributed by atoms with Crippen LogP contribution in [0.5, 0.6) is 0 Å². The number of nitrogens with one attached hydrogen (secondary N) is 7. The number of hydrogen-bond donors (Lipinski definition) is 8. The van der Waals surface area contributed by atoms with Gasteiger partial charge in [-0.2, -0.15) is 16.8 Å². The van der Waals surface area contributed by atoms with Crippen LogP contribution in [0.2, 0.25) is 0 Å². The van der Waals surface area contributed by atoms with Gasteiger partial charge in [-0.1, -0.05) is 198 Å². The molecule has 24 heteroatoms. The zero-order valence-electron chi connectivity index (χ0n) is 69.9. The Morgan fingerprint density at radius 1 is 0.339 bits per heavy atom. The van der Waals surface area contributed by atoms with Gasteiger partial charge < -0.3 is 41.3 Å². The van der Waals surface area contributed by atoms with Crippen LogP contribution in [0.25, 0.3) is 11.1 Å². The third-order valence-electron chi connectivity index (χ3n) is 18.6. The first-order chi connectivity index (χ1) is 57.7. The molecule has 3 heterocycles. The molecule has 0 unspecified atom stereocenters. The molecule has 3 aromatic heterocycles. The van der Waals surface area contributed by atoms with Gasteiger partial charge >= 0.3 is 0 Å². The van der Waals surface area contributed by atoms with E-state index in [0.717, 1.165) is 52.1 Å². The predicted molar refractivity (Wildman–Crippen MR) is 481 cm³/mol. The van der Waals surface area contributed by atoms with E-state index < -0.39 is 20.2 Å². The molecule has 22 nitrogen and oxygen atoms in total. The molecule has 121 heavy (non-hydrogen) atoms. The molecule has 10 aromatic carbocycles. The molecule has 13 rings (SSSR count). The number of anilines is 6. The van der Waals surface area contributed by atoms with E-state index in [2.05, 4.69) is 164 Å².